The number of carbonyl (C=O) groups excluding carboxylic acids is 1. The SMILES string of the molecule is COc1ccc(Cl)cc1C(=O)NC(C)(CO)CO. The normalized spacial score (nSPS) is 11.2. The summed E-state index contributed by atoms with van der Waals surface area (Å²) in [6.45, 7) is 0.776. The highest BCUT2D eigenvalue weighted by atomic mass is 35.5. The molecule has 1 amide bonds. The number of rotatable bonds is 5. The Labute approximate surface area is 110 Å². The molecule has 0 saturated carbocycles. The van der Waals surface area contributed by atoms with Gasteiger partial charge in [-0.2, -0.15) is 0 Å². The van der Waals surface area contributed by atoms with Crippen LogP contribution < -0.4 is 10.1 Å². The smallest absolute Gasteiger partial charge is 0.255 e. The number of hydrogen-bond donors (Lipinski definition) is 3. The van der Waals surface area contributed by atoms with E-state index in [1.807, 2.05) is 0 Å². The fraction of sp³-hybridized carbons (Fsp3) is 0.417. The Balaban J connectivity index is 3.00. The van der Waals surface area contributed by atoms with Gasteiger partial charge in [0.1, 0.15) is 5.75 Å². The molecule has 0 aliphatic heterocycles. The first-order valence-corrected chi connectivity index (χ1v) is 5.71. The number of benzene rings is 1. The number of halogens is 1. The van der Waals surface area contributed by atoms with Crippen LogP contribution in [0.2, 0.25) is 5.02 Å². The minimum atomic E-state index is -1.09. The maximum absolute atomic E-state index is 12.0. The van der Waals surface area contributed by atoms with E-state index in [1.165, 1.54) is 20.1 Å². The maximum Gasteiger partial charge on any atom is 0.255 e. The maximum atomic E-state index is 12.0. The molecule has 0 spiro atoms. The van der Waals surface area contributed by atoms with Gasteiger partial charge in [-0.25, -0.2) is 0 Å². The van der Waals surface area contributed by atoms with Crippen molar-refractivity contribution < 1.29 is 19.7 Å². The summed E-state index contributed by atoms with van der Waals surface area (Å²) in [6.07, 6.45) is 0. The summed E-state index contributed by atoms with van der Waals surface area (Å²) in [5, 5.41) is 21.2. The second-order valence-electron chi connectivity index (χ2n) is 4.18. The highest BCUT2D eigenvalue weighted by Crippen LogP contribution is 2.23. The highest BCUT2D eigenvalue weighted by molar-refractivity contribution is 6.31. The van der Waals surface area contributed by atoms with Gasteiger partial charge in [0.25, 0.3) is 5.91 Å². The van der Waals surface area contributed by atoms with E-state index in [0.717, 1.165) is 0 Å². The quantitative estimate of drug-likeness (QED) is 0.742. The first-order valence-electron chi connectivity index (χ1n) is 5.33. The lowest BCUT2D eigenvalue weighted by molar-refractivity contribution is 0.0721. The van der Waals surface area contributed by atoms with Gasteiger partial charge >= 0.3 is 0 Å². The molecule has 100 valence electrons. The topological polar surface area (TPSA) is 78.8 Å². The molecule has 0 heterocycles. The van der Waals surface area contributed by atoms with Crippen molar-refractivity contribution in [1.29, 1.82) is 0 Å². The van der Waals surface area contributed by atoms with Crippen LogP contribution >= 0.6 is 11.6 Å². The molecule has 0 atom stereocenters. The van der Waals surface area contributed by atoms with Crippen molar-refractivity contribution in [2.75, 3.05) is 20.3 Å². The Hall–Kier alpha value is -1.30. The van der Waals surface area contributed by atoms with Gasteiger partial charge in [-0.1, -0.05) is 11.6 Å². The Morgan fingerprint density at radius 3 is 2.56 bits per heavy atom. The number of nitrogens with one attached hydrogen (secondary N) is 1. The summed E-state index contributed by atoms with van der Waals surface area (Å²) in [5.74, 6) is -0.102. The molecule has 0 unspecified atom stereocenters. The van der Waals surface area contributed by atoms with Gasteiger partial charge < -0.3 is 20.3 Å². The van der Waals surface area contributed by atoms with Crippen LogP contribution in [0.25, 0.3) is 0 Å². The monoisotopic (exact) mass is 273 g/mol. The number of hydrogen-bond acceptors (Lipinski definition) is 4. The van der Waals surface area contributed by atoms with E-state index in [1.54, 1.807) is 12.1 Å². The molecule has 0 saturated heterocycles. The van der Waals surface area contributed by atoms with Gasteiger partial charge in [0.2, 0.25) is 0 Å². The number of ether oxygens (including phenoxy) is 1. The van der Waals surface area contributed by atoms with Gasteiger partial charge in [-0.15, -0.1) is 0 Å². The van der Waals surface area contributed by atoms with Gasteiger partial charge in [0.05, 0.1) is 31.4 Å². The van der Waals surface area contributed by atoms with Crippen LogP contribution in [0, 0.1) is 0 Å². The van der Waals surface area contributed by atoms with E-state index < -0.39 is 11.4 Å². The summed E-state index contributed by atoms with van der Waals surface area (Å²) in [4.78, 5) is 12.0. The summed E-state index contributed by atoms with van der Waals surface area (Å²) in [5.41, 5.74) is -0.845. The number of amides is 1. The van der Waals surface area contributed by atoms with Gasteiger partial charge in [0.15, 0.2) is 0 Å². The van der Waals surface area contributed by atoms with Crippen molar-refractivity contribution in [3.8, 4) is 5.75 Å². The Kier molecular flexibility index (Phi) is 4.95. The lowest BCUT2D eigenvalue weighted by Gasteiger charge is -2.26. The summed E-state index contributed by atoms with van der Waals surface area (Å²) in [7, 11) is 1.44. The van der Waals surface area contributed by atoms with E-state index >= 15 is 0 Å². The van der Waals surface area contributed by atoms with Crippen LogP contribution in [0.5, 0.6) is 5.75 Å². The van der Waals surface area contributed by atoms with Crippen LogP contribution in [0.15, 0.2) is 18.2 Å². The molecule has 0 aliphatic rings. The van der Waals surface area contributed by atoms with E-state index in [9.17, 15) is 4.79 Å². The number of aliphatic hydroxyl groups is 2. The van der Waals surface area contributed by atoms with E-state index in [4.69, 9.17) is 26.6 Å². The molecule has 1 aromatic rings. The van der Waals surface area contributed by atoms with E-state index in [-0.39, 0.29) is 18.8 Å². The molecule has 0 aliphatic carbocycles. The highest BCUT2D eigenvalue weighted by Gasteiger charge is 2.26. The van der Waals surface area contributed by atoms with Crippen molar-refractivity contribution in [2.24, 2.45) is 0 Å². The fourth-order valence-corrected chi connectivity index (χ4v) is 1.50. The van der Waals surface area contributed by atoms with Crippen molar-refractivity contribution in [2.45, 2.75) is 12.5 Å². The number of methoxy groups -OCH3 is 1. The molecular formula is C12H16ClNO4. The minimum absolute atomic E-state index is 0.248. The second kappa shape index (κ2) is 6.04. The van der Waals surface area contributed by atoms with Crippen molar-refractivity contribution in [1.82, 2.24) is 5.32 Å². The third kappa shape index (κ3) is 3.35. The largest absolute Gasteiger partial charge is 0.496 e. The van der Waals surface area contributed by atoms with Crippen LogP contribution in [0.4, 0.5) is 0 Å². The predicted octanol–water partition coefficient (Wildman–Crippen LogP) is 0.822. The lowest BCUT2D eigenvalue weighted by atomic mass is 10.0. The van der Waals surface area contributed by atoms with Crippen LogP contribution in [0.1, 0.15) is 17.3 Å². The van der Waals surface area contributed by atoms with E-state index in [2.05, 4.69) is 5.32 Å². The average molecular weight is 274 g/mol. The van der Waals surface area contributed by atoms with E-state index in [0.29, 0.717) is 10.8 Å². The standard InChI is InChI=1S/C12H16ClNO4/c1-12(6-15,7-16)14-11(17)9-5-8(13)3-4-10(9)18-2/h3-5,15-16H,6-7H2,1-2H3,(H,14,17). The lowest BCUT2D eigenvalue weighted by Crippen LogP contribution is -2.51. The molecule has 0 aromatic heterocycles. The first-order chi connectivity index (χ1) is 8.45. The van der Waals surface area contributed by atoms with Crippen LogP contribution in [-0.4, -0.2) is 42.0 Å². The van der Waals surface area contributed by atoms with Crippen molar-refractivity contribution in [3.05, 3.63) is 28.8 Å². The predicted molar refractivity (Wildman–Crippen MR) is 68.0 cm³/mol. The van der Waals surface area contributed by atoms with Gasteiger partial charge in [0, 0.05) is 5.02 Å². The zero-order valence-corrected chi connectivity index (χ0v) is 11.0. The summed E-state index contributed by atoms with van der Waals surface area (Å²) >= 11 is 5.82. The van der Waals surface area contributed by atoms with Crippen LogP contribution in [0.3, 0.4) is 0 Å². The molecule has 0 fully saturated rings. The second-order valence-corrected chi connectivity index (χ2v) is 4.61. The molecule has 5 nitrogen and oxygen atoms in total. The van der Waals surface area contributed by atoms with Gasteiger partial charge in [-0.3, -0.25) is 4.79 Å². The molecule has 1 rings (SSSR count). The summed E-state index contributed by atoms with van der Waals surface area (Å²) in [6, 6.07) is 4.64. The molecule has 1 aromatic carbocycles. The first kappa shape index (κ1) is 14.8. The van der Waals surface area contributed by atoms with Crippen LogP contribution in [-0.2, 0) is 0 Å². The Bertz CT molecular complexity index is 432. The zero-order valence-electron chi connectivity index (χ0n) is 10.2. The minimum Gasteiger partial charge on any atom is -0.496 e. The third-order valence-electron chi connectivity index (χ3n) is 2.52. The average Bonchev–Trinajstić information content (AvgIpc) is 2.38. The molecule has 18 heavy (non-hydrogen) atoms. The fourth-order valence-electron chi connectivity index (χ4n) is 1.33. The molecule has 3 N–H and O–H groups in total. The third-order valence-corrected chi connectivity index (χ3v) is 2.75. The molecular weight excluding hydrogens is 258 g/mol. The Morgan fingerprint density at radius 2 is 2.06 bits per heavy atom. The van der Waals surface area contributed by atoms with Crippen molar-refractivity contribution >= 4 is 17.5 Å². The molecule has 6 heteroatoms. The number of carbonyl (C=O) groups is 1. The van der Waals surface area contributed by atoms with Crippen molar-refractivity contribution in [3.63, 3.8) is 0 Å². The van der Waals surface area contributed by atoms with Gasteiger partial charge in [-0.05, 0) is 25.1 Å². The molecule has 0 bridgehead atoms. The Morgan fingerprint density at radius 1 is 1.44 bits per heavy atom. The number of aliphatic hydroxyl groups excluding tert-OH is 2. The zero-order chi connectivity index (χ0) is 13.8. The molecule has 0 radical (unpaired) electrons. The summed E-state index contributed by atoms with van der Waals surface area (Å²) < 4.78 is 5.06.